The Labute approximate surface area is 144 Å². The zero-order valence-electron chi connectivity index (χ0n) is 13.2. The minimum atomic E-state index is -0.0514. The van der Waals surface area contributed by atoms with Crippen molar-refractivity contribution in [2.45, 2.75) is 12.7 Å². The molecule has 0 aliphatic rings. The molecule has 1 amide bonds. The van der Waals surface area contributed by atoms with E-state index in [1.807, 2.05) is 61.5 Å². The summed E-state index contributed by atoms with van der Waals surface area (Å²) in [7, 11) is 0. The van der Waals surface area contributed by atoms with Crippen LogP contribution in [0.4, 0.5) is 5.69 Å². The van der Waals surface area contributed by atoms with Gasteiger partial charge in [0.05, 0.1) is 11.5 Å². The highest BCUT2D eigenvalue weighted by Gasteiger charge is 2.10. The van der Waals surface area contributed by atoms with Gasteiger partial charge in [-0.25, -0.2) is 0 Å². The Morgan fingerprint density at radius 3 is 2.62 bits per heavy atom. The Hall–Kier alpha value is -2.60. The fourth-order valence-electron chi connectivity index (χ4n) is 2.08. The SMILES string of the molecule is Cc1ccc(-c2noc(CSCC(=O)Nc3ccccc3)n2)cc1. The number of rotatable bonds is 6. The van der Waals surface area contributed by atoms with E-state index in [4.69, 9.17) is 4.52 Å². The normalized spacial score (nSPS) is 10.5. The highest BCUT2D eigenvalue weighted by Crippen LogP contribution is 2.18. The van der Waals surface area contributed by atoms with Gasteiger partial charge in [0, 0.05) is 11.3 Å². The third-order valence-corrected chi connectivity index (χ3v) is 4.21. The van der Waals surface area contributed by atoms with E-state index in [-0.39, 0.29) is 5.91 Å². The van der Waals surface area contributed by atoms with E-state index >= 15 is 0 Å². The Kier molecular flexibility index (Phi) is 5.28. The molecule has 5 nitrogen and oxygen atoms in total. The van der Waals surface area contributed by atoms with E-state index in [0.29, 0.717) is 23.2 Å². The van der Waals surface area contributed by atoms with Crippen LogP contribution in [0, 0.1) is 6.92 Å². The van der Waals surface area contributed by atoms with Gasteiger partial charge < -0.3 is 9.84 Å². The Bertz CT molecular complexity index is 801. The minimum absolute atomic E-state index is 0.0514. The summed E-state index contributed by atoms with van der Waals surface area (Å²) in [6, 6.07) is 17.3. The molecule has 3 aromatic rings. The molecule has 0 atom stereocenters. The molecule has 0 radical (unpaired) electrons. The lowest BCUT2D eigenvalue weighted by atomic mass is 10.1. The van der Waals surface area contributed by atoms with Crippen molar-refractivity contribution < 1.29 is 9.32 Å². The van der Waals surface area contributed by atoms with Crippen LogP contribution in [-0.2, 0) is 10.5 Å². The number of nitrogens with one attached hydrogen (secondary N) is 1. The summed E-state index contributed by atoms with van der Waals surface area (Å²) in [4.78, 5) is 16.2. The lowest BCUT2D eigenvalue weighted by Gasteiger charge is -2.03. The second-order valence-electron chi connectivity index (χ2n) is 5.28. The maximum atomic E-state index is 11.9. The molecule has 3 rings (SSSR count). The fourth-order valence-corrected chi connectivity index (χ4v) is 2.73. The van der Waals surface area contributed by atoms with Gasteiger partial charge in [-0.2, -0.15) is 4.98 Å². The summed E-state index contributed by atoms with van der Waals surface area (Å²) in [5.41, 5.74) is 2.90. The largest absolute Gasteiger partial charge is 0.338 e. The monoisotopic (exact) mass is 339 g/mol. The van der Waals surface area contributed by atoms with E-state index in [2.05, 4.69) is 15.5 Å². The Morgan fingerprint density at radius 2 is 1.88 bits per heavy atom. The second kappa shape index (κ2) is 7.79. The smallest absolute Gasteiger partial charge is 0.236 e. The summed E-state index contributed by atoms with van der Waals surface area (Å²) >= 11 is 1.44. The molecule has 1 N–H and O–H groups in total. The van der Waals surface area contributed by atoms with Crippen LogP contribution >= 0.6 is 11.8 Å². The number of thioether (sulfide) groups is 1. The van der Waals surface area contributed by atoms with Gasteiger partial charge in [-0.3, -0.25) is 4.79 Å². The molecule has 0 unspecified atom stereocenters. The number of aromatic nitrogens is 2. The average Bonchev–Trinajstić information content (AvgIpc) is 3.05. The van der Waals surface area contributed by atoms with Crippen molar-refractivity contribution in [3.05, 3.63) is 66.1 Å². The standard InChI is InChI=1S/C18H17N3O2S/c1-13-7-9-14(10-8-13)18-20-17(23-21-18)12-24-11-16(22)19-15-5-3-2-4-6-15/h2-10H,11-12H2,1H3,(H,19,22). The first-order valence-electron chi connectivity index (χ1n) is 7.53. The first-order valence-corrected chi connectivity index (χ1v) is 8.68. The maximum absolute atomic E-state index is 11.9. The number of anilines is 1. The van der Waals surface area contributed by atoms with Crippen molar-refractivity contribution in [2.75, 3.05) is 11.1 Å². The summed E-state index contributed by atoms with van der Waals surface area (Å²) in [5, 5.41) is 6.82. The molecule has 0 spiro atoms. The number of benzene rings is 2. The third-order valence-electron chi connectivity index (χ3n) is 3.29. The molecular formula is C18H17N3O2S. The number of para-hydroxylation sites is 1. The summed E-state index contributed by atoms with van der Waals surface area (Å²) in [6.07, 6.45) is 0. The predicted octanol–water partition coefficient (Wildman–Crippen LogP) is 3.92. The summed E-state index contributed by atoms with van der Waals surface area (Å²) in [5.74, 6) is 1.87. The highest BCUT2D eigenvalue weighted by atomic mass is 32.2. The van der Waals surface area contributed by atoms with Crippen LogP contribution in [0.25, 0.3) is 11.4 Å². The van der Waals surface area contributed by atoms with Gasteiger partial charge in [0.2, 0.25) is 17.6 Å². The first kappa shape index (κ1) is 16.3. The highest BCUT2D eigenvalue weighted by molar-refractivity contribution is 7.99. The molecule has 0 bridgehead atoms. The van der Waals surface area contributed by atoms with Crippen LogP contribution in [0.2, 0.25) is 0 Å². The molecule has 2 aromatic carbocycles. The summed E-state index contributed by atoms with van der Waals surface area (Å²) < 4.78 is 5.24. The zero-order valence-corrected chi connectivity index (χ0v) is 14.0. The van der Waals surface area contributed by atoms with E-state index in [1.54, 1.807) is 0 Å². The topological polar surface area (TPSA) is 68.0 Å². The van der Waals surface area contributed by atoms with Gasteiger partial charge in [0.25, 0.3) is 0 Å². The molecule has 0 fully saturated rings. The average molecular weight is 339 g/mol. The van der Waals surface area contributed by atoms with Crippen molar-refractivity contribution in [3.8, 4) is 11.4 Å². The molecule has 24 heavy (non-hydrogen) atoms. The maximum Gasteiger partial charge on any atom is 0.236 e. The quantitative estimate of drug-likeness (QED) is 0.737. The molecule has 0 aliphatic carbocycles. The fraction of sp³-hybridized carbons (Fsp3) is 0.167. The Morgan fingerprint density at radius 1 is 1.12 bits per heavy atom. The molecule has 0 saturated carbocycles. The second-order valence-corrected chi connectivity index (χ2v) is 6.27. The lowest BCUT2D eigenvalue weighted by Crippen LogP contribution is -2.13. The van der Waals surface area contributed by atoms with Gasteiger partial charge in [-0.05, 0) is 19.1 Å². The van der Waals surface area contributed by atoms with Crippen molar-refractivity contribution in [1.82, 2.24) is 10.1 Å². The van der Waals surface area contributed by atoms with Gasteiger partial charge >= 0.3 is 0 Å². The van der Waals surface area contributed by atoms with Gasteiger partial charge in [0.1, 0.15) is 0 Å². The van der Waals surface area contributed by atoms with Gasteiger partial charge in [0.15, 0.2) is 0 Å². The van der Waals surface area contributed by atoms with Crippen molar-refractivity contribution in [1.29, 1.82) is 0 Å². The molecule has 0 saturated heterocycles. The number of nitrogens with zero attached hydrogens (tertiary/aromatic N) is 2. The van der Waals surface area contributed by atoms with Crippen LogP contribution in [-0.4, -0.2) is 21.8 Å². The van der Waals surface area contributed by atoms with Crippen LogP contribution in [0.5, 0.6) is 0 Å². The minimum Gasteiger partial charge on any atom is -0.338 e. The number of amides is 1. The lowest BCUT2D eigenvalue weighted by molar-refractivity contribution is -0.113. The molecule has 122 valence electrons. The van der Waals surface area contributed by atoms with Crippen molar-refractivity contribution >= 4 is 23.4 Å². The number of carbonyl (C=O) groups excluding carboxylic acids is 1. The molecular weight excluding hydrogens is 322 g/mol. The number of aryl methyl sites for hydroxylation is 1. The van der Waals surface area contributed by atoms with Crippen molar-refractivity contribution in [2.24, 2.45) is 0 Å². The molecule has 0 aliphatic heterocycles. The zero-order chi connectivity index (χ0) is 16.8. The van der Waals surface area contributed by atoms with Crippen molar-refractivity contribution in [3.63, 3.8) is 0 Å². The van der Waals surface area contributed by atoms with Crippen LogP contribution in [0.15, 0.2) is 59.1 Å². The molecule has 1 aromatic heterocycles. The predicted molar refractivity (Wildman–Crippen MR) is 95.7 cm³/mol. The third kappa shape index (κ3) is 4.45. The van der Waals surface area contributed by atoms with E-state index in [1.165, 1.54) is 17.3 Å². The first-order chi connectivity index (χ1) is 11.7. The summed E-state index contributed by atoms with van der Waals surface area (Å²) in [6.45, 7) is 2.03. The van der Waals surface area contributed by atoms with E-state index in [9.17, 15) is 4.79 Å². The number of carbonyl (C=O) groups is 1. The van der Waals surface area contributed by atoms with Gasteiger partial charge in [-0.15, -0.1) is 11.8 Å². The molecule has 1 heterocycles. The Balaban J connectivity index is 1.49. The van der Waals surface area contributed by atoms with E-state index in [0.717, 1.165) is 11.3 Å². The van der Waals surface area contributed by atoms with E-state index < -0.39 is 0 Å². The van der Waals surface area contributed by atoms with Crippen LogP contribution < -0.4 is 5.32 Å². The van der Waals surface area contributed by atoms with Gasteiger partial charge in [-0.1, -0.05) is 53.2 Å². The van der Waals surface area contributed by atoms with Crippen LogP contribution in [0.3, 0.4) is 0 Å². The number of hydrogen-bond acceptors (Lipinski definition) is 5. The van der Waals surface area contributed by atoms with Crippen LogP contribution in [0.1, 0.15) is 11.5 Å². The number of hydrogen-bond donors (Lipinski definition) is 1. The molecule has 6 heteroatoms.